The Labute approximate surface area is 129 Å². The topological polar surface area (TPSA) is 35.5 Å². The molecule has 0 aliphatic carbocycles. The fourth-order valence-corrected chi connectivity index (χ4v) is 1.99. The second-order valence-corrected chi connectivity index (χ2v) is 5.02. The number of carbonyl (C=O) groups excluding carboxylic acids is 1. The molecule has 110 valence electrons. The van der Waals surface area contributed by atoms with Crippen molar-refractivity contribution in [2.24, 2.45) is 0 Å². The fourth-order valence-electron chi connectivity index (χ4n) is 1.86. The van der Waals surface area contributed by atoms with E-state index in [1.165, 1.54) is 6.92 Å². The second kappa shape index (κ2) is 7.81. The molecule has 0 amide bonds. The summed E-state index contributed by atoms with van der Waals surface area (Å²) in [5.74, 6) is 0.591. The molecule has 2 aromatic rings. The lowest BCUT2D eigenvalue weighted by molar-refractivity contribution is 0.0875. The zero-order chi connectivity index (χ0) is 15.1. The van der Waals surface area contributed by atoms with Gasteiger partial charge in [-0.15, -0.1) is 0 Å². The van der Waals surface area contributed by atoms with Gasteiger partial charge in [-0.3, -0.25) is 4.79 Å². The van der Waals surface area contributed by atoms with E-state index in [2.05, 4.69) is 0 Å². The van der Waals surface area contributed by atoms with Crippen LogP contribution in [0.25, 0.3) is 0 Å². The summed E-state index contributed by atoms with van der Waals surface area (Å²) in [7, 11) is 0. The highest BCUT2D eigenvalue weighted by Gasteiger charge is 2.06. The first-order valence-corrected chi connectivity index (χ1v) is 7.09. The smallest absolute Gasteiger partial charge is 0.163 e. The number of ether oxygens (including phenoxy) is 2. The van der Waals surface area contributed by atoms with Gasteiger partial charge in [0.1, 0.15) is 12.4 Å². The van der Waals surface area contributed by atoms with Crippen molar-refractivity contribution in [3.63, 3.8) is 0 Å². The van der Waals surface area contributed by atoms with Crippen LogP contribution in [0.5, 0.6) is 5.75 Å². The molecule has 0 radical (unpaired) electrons. The normalized spacial score (nSPS) is 10.4. The predicted octanol–water partition coefficient (Wildman–Crippen LogP) is 4.14. The molecule has 4 heteroatoms. The van der Waals surface area contributed by atoms with Crippen LogP contribution in [0.3, 0.4) is 0 Å². The average molecular weight is 305 g/mol. The summed E-state index contributed by atoms with van der Waals surface area (Å²) in [5.41, 5.74) is 1.65. The van der Waals surface area contributed by atoms with Gasteiger partial charge in [-0.05, 0) is 36.8 Å². The molecule has 0 spiro atoms. The van der Waals surface area contributed by atoms with Crippen LogP contribution in [0.4, 0.5) is 0 Å². The molecule has 3 nitrogen and oxygen atoms in total. The second-order valence-electron chi connectivity index (χ2n) is 4.58. The molecule has 0 aromatic heterocycles. The molecule has 21 heavy (non-hydrogen) atoms. The molecule has 0 atom stereocenters. The molecule has 2 rings (SSSR count). The van der Waals surface area contributed by atoms with E-state index in [9.17, 15) is 4.79 Å². The van der Waals surface area contributed by atoms with Crippen molar-refractivity contribution in [1.82, 2.24) is 0 Å². The van der Waals surface area contributed by atoms with Gasteiger partial charge in [-0.25, -0.2) is 0 Å². The summed E-state index contributed by atoms with van der Waals surface area (Å²) >= 11 is 5.82. The Bertz CT molecular complexity index is 593. The van der Waals surface area contributed by atoms with Gasteiger partial charge < -0.3 is 9.47 Å². The molecule has 0 aliphatic rings. The lowest BCUT2D eigenvalue weighted by atomic mass is 10.1. The molecular formula is C17H17ClO3. The van der Waals surface area contributed by atoms with Crippen molar-refractivity contribution in [2.45, 2.75) is 13.5 Å². The zero-order valence-corrected chi connectivity index (χ0v) is 12.6. The van der Waals surface area contributed by atoms with E-state index in [0.717, 1.165) is 5.56 Å². The van der Waals surface area contributed by atoms with E-state index in [4.69, 9.17) is 21.1 Å². The molecule has 0 saturated carbocycles. The van der Waals surface area contributed by atoms with Crippen LogP contribution in [-0.2, 0) is 11.3 Å². The minimum atomic E-state index is -0.00678. The standard InChI is InChI=1S/C17H17ClO3/c1-13(19)16-4-2-3-5-17(16)21-11-10-20-12-14-6-8-15(18)9-7-14/h2-9H,10-12H2,1H3. The van der Waals surface area contributed by atoms with Gasteiger partial charge in [0.05, 0.1) is 18.8 Å². The van der Waals surface area contributed by atoms with Crippen molar-refractivity contribution < 1.29 is 14.3 Å². The van der Waals surface area contributed by atoms with Crippen LogP contribution >= 0.6 is 11.6 Å². The molecule has 0 saturated heterocycles. The van der Waals surface area contributed by atoms with Gasteiger partial charge in [0.25, 0.3) is 0 Å². The Hall–Kier alpha value is -1.84. The van der Waals surface area contributed by atoms with Gasteiger partial charge in [-0.1, -0.05) is 35.9 Å². The van der Waals surface area contributed by atoms with Crippen LogP contribution in [-0.4, -0.2) is 19.0 Å². The molecule has 0 fully saturated rings. The van der Waals surface area contributed by atoms with E-state index in [1.807, 2.05) is 36.4 Å². The quantitative estimate of drug-likeness (QED) is 0.570. The van der Waals surface area contributed by atoms with Gasteiger partial charge in [0, 0.05) is 5.02 Å². The Morgan fingerprint density at radius 2 is 1.76 bits per heavy atom. The number of hydrogen-bond acceptors (Lipinski definition) is 3. The van der Waals surface area contributed by atoms with Crippen molar-refractivity contribution in [1.29, 1.82) is 0 Å². The van der Waals surface area contributed by atoms with Crippen LogP contribution in [0.15, 0.2) is 48.5 Å². The number of benzene rings is 2. The first kappa shape index (κ1) is 15.5. The van der Waals surface area contributed by atoms with Crippen LogP contribution in [0, 0.1) is 0 Å². The van der Waals surface area contributed by atoms with Gasteiger partial charge >= 0.3 is 0 Å². The predicted molar refractivity (Wildman–Crippen MR) is 83.0 cm³/mol. The Kier molecular flexibility index (Phi) is 5.78. The highest BCUT2D eigenvalue weighted by molar-refractivity contribution is 6.30. The molecule has 0 unspecified atom stereocenters. The number of carbonyl (C=O) groups is 1. The number of rotatable bonds is 7. The maximum atomic E-state index is 11.4. The van der Waals surface area contributed by atoms with E-state index in [0.29, 0.717) is 36.2 Å². The van der Waals surface area contributed by atoms with E-state index < -0.39 is 0 Å². The summed E-state index contributed by atoms with van der Waals surface area (Å²) in [6.07, 6.45) is 0. The summed E-state index contributed by atoms with van der Waals surface area (Å²) in [6.45, 7) is 2.89. The van der Waals surface area contributed by atoms with Crippen molar-refractivity contribution in [2.75, 3.05) is 13.2 Å². The lowest BCUT2D eigenvalue weighted by Crippen LogP contribution is -2.08. The molecule has 0 heterocycles. The number of ketones is 1. The molecule has 0 aliphatic heterocycles. The monoisotopic (exact) mass is 304 g/mol. The van der Waals surface area contributed by atoms with E-state index in [1.54, 1.807) is 12.1 Å². The average Bonchev–Trinajstić information content (AvgIpc) is 2.49. The summed E-state index contributed by atoms with van der Waals surface area (Å²) in [6, 6.07) is 14.7. The van der Waals surface area contributed by atoms with Gasteiger partial charge in [0.15, 0.2) is 5.78 Å². The largest absolute Gasteiger partial charge is 0.490 e. The highest BCUT2D eigenvalue weighted by Crippen LogP contribution is 2.18. The fraction of sp³-hybridized carbons (Fsp3) is 0.235. The maximum Gasteiger partial charge on any atom is 0.163 e. The molecular weight excluding hydrogens is 288 g/mol. The highest BCUT2D eigenvalue weighted by atomic mass is 35.5. The van der Waals surface area contributed by atoms with E-state index in [-0.39, 0.29) is 5.78 Å². The first-order valence-electron chi connectivity index (χ1n) is 6.72. The SMILES string of the molecule is CC(=O)c1ccccc1OCCOCc1ccc(Cl)cc1. The maximum absolute atomic E-state index is 11.4. The Morgan fingerprint density at radius 1 is 1.05 bits per heavy atom. The Balaban J connectivity index is 1.75. The van der Waals surface area contributed by atoms with Crippen molar-refractivity contribution in [3.8, 4) is 5.75 Å². The third kappa shape index (κ3) is 4.88. The van der Waals surface area contributed by atoms with Crippen molar-refractivity contribution >= 4 is 17.4 Å². The lowest BCUT2D eigenvalue weighted by Gasteiger charge is -2.10. The number of Topliss-reactive ketones (excluding diaryl/α,β-unsaturated/α-hetero) is 1. The minimum Gasteiger partial charge on any atom is -0.490 e. The van der Waals surface area contributed by atoms with Gasteiger partial charge in [-0.2, -0.15) is 0 Å². The molecule has 0 bridgehead atoms. The summed E-state index contributed by atoms with van der Waals surface area (Å²) < 4.78 is 11.1. The first-order chi connectivity index (χ1) is 10.2. The number of para-hydroxylation sites is 1. The van der Waals surface area contributed by atoms with Crippen LogP contribution in [0.1, 0.15) is 22.8 Å². The van der Waals surface area contributed by atoms with Crippen LogP contribution < -0.4 is 4.74 Å². The zero-order valence-electron chi connectivity index (χ0n) is 11.8. The minimum absolute atomic E-state index is 0.00678. The number of halogens is 1. The van der Waals surface area contributed by atoms with Crippen LogP contribution in [0.2, 0.25) is 5.02 Å². The Morgan fingerprint density at radius 3 is 2.48 bits per heavy atom. The third-order valence-corrected chi connectivity index (χ3v) is 3.19. The van der Waals surface area contributed by atoms with Crippen molar-refractivity contribution in [3.05, 3.63) is 64.7 Å². The summed E-state index contributed by atoms with van der Waals surface area (Å²) in [5, 5.41) is 0.711. The summed E-state index contributed by atoms with van der Waals surface area (Å²) in [4.78, 5) is 11.4. The van der Waals surface area contributed by atoms with E-state index >= 15 is 0 Å². The number of hydrogen-bond donors (Lipinski definition) is 0. The molecule has 2 aromatic carbocycles. The third-order valence-electron chi connectivity index (χ3n) is 2.93. The van der Waals surface area contributed by atoms with Gasteiger partial charge in [0.2, 0.25) is 0 Å². The molecule has 0 N–H and O–H groups in total.